The summed E-state index contributed by atoms with van der Waals surface area (Å²) in [5.74, 6) is -1.51. The van der Waals surface area contributed by atoms with Crippen LogP contribution in [0.25, 0.3) is 0 Å². The van der Waals surface area contributed by atoms with Gasteiger partial charge in [0.25, 0.3) is 0 Å². The van der Waals surface area contributed by atoms with Crippen molar-refractivity contribution < 1.29 is 22.7 Å². The van der Waals surface area contributed by atoms with Crippen molar-refractivity contribution in [3.05, 3.63) is 41.0 Å². The Morgan fingerprint density at radius 2 is 1.91 bits per heavy atom. The van der Waals surface area contributed by atoms with Gasteiger partial charge in [-0.25, -0.2) is 8.42 Å². The van der Waals surface area contributed by atoms with Crippen LogP contribution < -0.4 is 10.6 Å². The maximum Gasteiger partial charge on any atom is 0.309 e. The summed E-state index contributed by atoms with van der Waals surface area (Å²) in [7, 11) is -3.81. The van der Waals surface area contributed by atoms with Crippen molar-refractivity contribution in [2.75, 3.05) is 26.2 Å². The average molecular weight is 464 g/mol. The Kier molecular flexibility index (Phi) is 8.44. The maximum absolute atomic E-state index is 13.3. The second-order valence-corrected chi connectivity index (χ2v) is 10.2. The first-order valence-electron chi connectivity index (χ1n) is 11.2. The Labute approximate surface area is 190 Å². The first-order chi connectivity index (χ1) is 15.3. The highest BCUT2D eigenvalue weighted by molar-refractivity contribution is 7.89. The van der Waals surface area contributed by atoms with Crippen LogP contribution in [0.3, 0.4) is 0 Å². The average Bonchev–Trinajstić information content (AvgIpc) is 2.79. The molecule has 0 saturated carbocycles. The molecule has 2 aliphatic rings. The molecule has 9 heteroatoms. The van der Waals surface area contributed by atoms with Crippen LogP contribution in [0.2, 0.25) is 0 Å². The van der Waals surface area contributed by atoms with E-state index in [0.29, 0.717) is 25.1 Å². The van der Waals surface area contributed by atoms with E-state index in [1.165, 1.54) is 22.7 Å². The number of carbonyl (C=O) groups excluding carboxylic acids is 2. The van der Waals surface area contributed by atoms with Crippen molar-refractivity contribution in [2.24, 2.45) is 0 Å². The van der Waals surface area contributed by atoms with Gasteiger partial charge < -0.3 is 15.4 Å². The summed E-state index contributed by atoms with van der Waals surface area (Å²) in [6.45, 7) is 4.58. The first-order valence-corrected chi connectivity index (χ1v) is 12.7. The van der Waals surface area contributed by atoms with Crippen molar-refractivity contribution >= 4 is 21.8 Å². The zero-order valence-corrected chi connectivity index (χ0v) is 19.7. The number of nitrogens with one attached hydrogen (secondary N) is 2. The van der Waals surface area contributed by atoms with Gasteiger partial charge >= 0.3 is 11.8 Å². The Morgan fingerprint density at radius 1 is 1.12 bits per heavy atom. The van der Waals surface area contributed by atoms with Crippen molar-refractivity contribution in [3.8, 4) is 0 Å². The molecule has 0 radical (unpaired) electrons. The summed E-state index contributed by atoms with van der Waals surface area (Å²) in [6, 6.07) is 5.28. The first kappa shape index (κ1) is 24.4. The van der Waals surface area contributed by atoms with E-state index in [1.807, 2.05) is 13.0 Å². The lowest BCUT2D eigenvalue weighted by atomic mass is 9.97. The highest BCUT2D eigenvalue weighted by atomic mass is 32.2. The number of aryl methyl sites for hydroxylation is 2. The molecule has 3 rings (SSSR count). The van der Waals surface area contributed by atoms with Gasteiger partial charge in [0, 0.05) is 13.1 Å². The molecule has 2 N–H and O–H groups in total. The smallest absolute Gasteiger partial charge is 0.309 e. The summed E-state index contributed by atoms with van der Waals surface area (Å²) in [4.78, 5) is 24.6. The highest BCUT2D eigenvalue weighted by Crippen LogP contribution is 2.25. The Hall–Kier alpha value is -2.23. The van der Waals surface area contributed by atoms with Crippen molar-refractivity contribution in [2.45, 2.75) is 63.5 Å². The van der Waals surface area contributed by atoms with E-state index in [9.17, 15) is 18.0 Å². The van der Waals surface area contributed by atoms with Gasteiger partial charge in [0.15, 0.2) is 0 Å². The molecule has 2 amide bonds. The summed E-state index contributed by atoms with van der Waals surface area (Å²) >= 11 is 0. The minimum Gasteiger partial charge on any atom is -0.360 e. The molecule has 176 valence electrons. The lowest BCUT2D eigenvalue weighted by molar-refractivity contribution is -0.140. The third-order valence-electron chi connectivity index (χ3n) is 5.84. The van der Waals surface area contributed by atoms with Gasteiger partial charge in [-0.3, -0.25) is 9.59 Å². The Bertz CT molecular complexity index is 974. The number of amides is 2. The summed E-state index contributed by atoms with van der Waals surface area (Å²) < 4.78 is 33.5. The SMILES string of the molecule is Cc1ccc(C)c(S(=O)(=O)N2CCCO[C@H]2CNC(=O)C(=O)NCCC2=CCCCC2)c1. The van der Waals surface area contributed by atoms with Crippen LogP contribution in [0, 0.1) is 13.8 Å². The van der Waals surface area contributed by atoms with E-state index >= 15 is 0 Å². The molecule has 32 heavy (non-hydrogen) atoms. The lowest BCUT2D eigenvalue weighted by Crippen LogP contribution is -2.53. The molecule has 1 atom stereocenters. The molecule has 1 aliphatic heterocycles. The number of nitrogens with zero attached hydrogens (tertiary/aromatic N) is 1. The maximum atomic E-state index is 13.3. The van der Waals surface area contributed by atoms with Crippen molar-refractivity contribution in [1.29, 1.82) is 0 Å². The van der Waals surface area contributed by atoms with E-state index in [4.69, 9.17) is 4.74 Å². The normalized spacial score (nSPS) is 19.8. The predicted molar refractivity (Wildman–Crippen MR) is 121 cm³/mol. The van der Waals surface area contributed by atoms with Crippen molar-refractivity contribution in [3.63, 3.8) is 0 Å². The topological polar surface area (TPSA) is 105 Å². The summed E-state index contributed by atoms with van der Waals surface area (Å²) in [5, 5.41) is 5.16. The van der Waals surface area contributed by atoms with Gasteiger partial charge in [-0.05, 0) is 69.6 Å². The number of rotatable bonds is 7. The zero-order chi connectivity index (χ0) is 23.1. The number of benzene rings is 1. The second kappa shape index (κ2) is 11.1. The minimum atomic E-state index is -3.81. The monoisotopic (exact) mass is 463 g/mol. The van der Waals surface area contributed by atoms with Crippen LogP contribution >= 0.6 is 0 Å². The minimum absolute atomic E-state index is 0.0957. The largest absolute Gasteiger partial charge is 0.360 e. The van der Waals surface area contributed by atoms with Gasteiger partial charge in [0.2, 0.25) is 10.0 Å². The third kappa shape index (κ3) is 6.17. The number of allylic oxidation sites excluding steroid dienone is 1. The third-order valence-corrected chi connectivity index (χ3v) is 7.88. The second-order valence-electron chi connectivity index (χ2n) is 8.39. The molecular formula is C23H33N3O5S. The van der Waals surface area contributed by atoms with Crippen molar-refractivity contribution in [1.82, 2.24) is 14.9 Å². The molecule has 0 spiro atoms. The fraction of sp³-hybridized carbons (Fsp3) is 0.565. The van der Waals surface area contributed by atoms with E-state index in [2.05, 4.69) is 16.7 Å². The fourth-order valence-corrected chi connectivity index (χ4v) is 5.90. The molecule has 1 aromatic carbocycles. The fourth-order valence-electron chi connectivity index (χ4n) is 4.02. The summed E-state index contributed by atoms with van der Waals surface area (Å²) in [6.07, 6.45) is 7.15. The number of sulfonamides is 1. The van der Waals surface area contributed by atoms with Crippen LogP contribution in [0.1, 0.15) is 49.7 Å². The lowest BCUT2D eigenvalue weighted by Gasteiger charge is -2.35. The van der Waals surface area contributed by atoms with Gasteiger partial charge in [-0.2, -0.15) is 4.31 Å². The number of ether oxygens (including phenoxy) is 1. The van der Waals surface area contributed by atoms with Crippen LogP contribution in [0.4, 0.5) is 0 Å². The molecule has 0 bridgehead atoms. The molecule has 1 aromatic rings. The quantitative estimate of drug-likeness (QED) is 0.476. The Morgan fingerprint density at radius 3 is 2.66 bits per heavy atom. The van der Waals surface area contributed by atoms with E-state index < -0.39 is 28.1 Å². The standard InChI is InChI=1S/C23H33N3O5S/c1-17-9-10-18(2)20(15-17)32(29,30)26-13-6-14-31-21(26)16-25-23(28)22(27)24-12-11-19-7-4-3-5-8-19/h7,9-10,15,21H,3-6,8,11-14,16H2,1-2H3,(H,24,27)(H,25,28)/t21-/m0/s1. The molecule has 1 heterocycles. The van der Waals surface area contributed by atoms with Gasteiger partial charge in [-0.15, -0.1) is 0 Å². The van der Waals surface area contributed by atoms with Gasteiger partial charge in [-0.1, -0.05) is 23.8 Å². The molecule has 1 fully saturated rings. The summed E-state index contributed by atoms with van der Waals surface area (Å²) in [5.41, 5.74) is 2.81. The number of hydrogen-bond acceptors (Lipinski definition) is 5. The molecule has 0 aromatic heterocycles. The molecule has 0 unspecified atom stereocenters. The molecule has 1 aliphatic carbocycles. The molecular weight excluding hydrogens is 430 g/mol. The van der Waals surface area contributed by atoms with E-state index in [1.54, 1.807) is 19.1 Å². The predicted octanol–water partition coefficient (Wildman–Crippen LogP) is 2.16. The van der Waals surface area contributed by atoms with Gasteiger partial charge in [0.05, 0.1) is 18.0 Å². The number of hydrogen-bond donors (Lipinski definition) is 2. The van der Waals surface area contributed by atoms with Crippen LogP contribution in [-0.4, -0.2) is 57.0 Å². The van der Waals surface area contributed by atoms with Crippen LogP contribution in [0.15, 0.2) is 34.7 Å². The molecule has 1 saturated heterocycles. The van der Waals surface area contributed by atoms with E-state index in [-0.39, 0.29) is 18.0 Å². The molecule has 8 nitrogen and oxygen atoms in total. The number of carbonyl (C=O) groups is 2. The van der Waals surface area contributed by atoms with Gasteiger partial charge in [0.1, 0.15) is 6.23 Å². The zero-order valence-electron chi connectivity index (χ0n) is 18.9. The van der Waals surface area contributed by atoms with E-state index in [0.717, 1.165) is 24.8 Å². The highest BCUT2D eigenvalue weighted by Gasteiger charge is 2.35. The Balaban J connectivity index is 1.56. The van der Waals surface area contributed by atoms with Crippen LogP contribution in [0.5, 0.6) is 0 Å². The van der Waals surface area contributed by atoms with Crippen LogP contribution in [-0.2, 0) is 24.3 Å².